The maximum atomic E-state index is 5.91. The van der Waals surface area contributed by atoms with E-state index < -0.39 is 0 Å². The first-order valence-electron chi connectivity index (χ1n) is 7.38. The van der Waals surface area contributed by atoms with E-state index in [0.29, 0.717) is 5.71 Å². The molecule has 3 heteroatoms. The maximum absolute atomic E-state index is 5.91. The Bertz CT molecular complexity index is 1010. The molecule has 3 nitrogen and oxygen atoms in total. The first-order chi connectivity index (χ1) is 10.6. The highest BCUT2D eigenvalue weighted by Crippen LogP contribution is 2.36. The molecule has 0 spiro atoms. The van der Waals surface area contributed by atoms with Crippen LogP contribution in [0, 0.1) is 13.8 Å². The third-order valence-corrected chi connectivity index (χ3v) is 4.13. The number of hydrogen-bond acceptors (Lipinski definition) is 2. The van der Waals surface area contributed by atoms with Crippen LogP contribution in [0.1, 0.15) is 11.1 Å². The minimum absolute atomic E-state index is 0.697. The number of benzene rings is 1. The molecule has 3 aromatic heterocycles. The summed E-state index contributed by atoms with van der Waals surface area (Å²) >= 11 is 0. The molecule has 0 saturated heterocycles. The predicted molar refractivity (Wildman–Crippen MR) is 87.6 cm³/mol. The number of aromatic nitrogens is 2. The lowest BCUT2D eigenvalue weighted by Crippen LogP contribution is -2.31. The van der Waals surface area contributed by atoms with E-state index in [4.69, 9.17) is 4.42 Å². The highest BCUT2D eigenvalue weighted by molar-refractivity contribution is 6.11. The van der Waals surface area contributed by atoms with Crippen molar-refractivity contribution in [3.8, 4) is 11.3 Å². The van der Waals surface area contributed by atoms with Gasteiger partial charge in [-0.2, -0.15) is 0 Å². The highest BCUT2D eigenvalue weighted by Gasteiger charge is 2.20. The van der Waals surface area contributed by atoms with Crippen molar-refractivity contribution in [1.82, 2.24) is 4.98 Å². The molecule has 22 heavy (non-hydrogen) atoms. The van der Waals surface area contributed by atoms with Crippen LogP contribution in [-0.2, 0) is 7.05 Å². The maximum Gasteiger partial charge on any atom is 0.228 e. The molecule has 0 aliphatic rings. The molecular formula is C19H17N2O+. The average molecular weight is 289 g/mol. The number of hydrogen-bond donors (Lipinski definition) is 0. The molecule has 0 amide bonds. The Hall–Kier alpha value is -2.68. The Morgan fingerprint density at radius 1 is 1.05 bits per heavy atom. The van der Waals surface area contributed by atoms with Crippen LogP contribution in [0.15, 0.2) is 53.2 Å². The van der Waals surface area contributed by atoms with Crippen LogP contribution in [-0.4, -0.2) is 4.98 Å². The molecule has 4 aromatic rings. The van der Waals surface area contributed by atoms with E-state index in [1.165, 1.54) is 16.8 Å². The Balaban J connectivity index is 2.18. The quantitative estimate of drug-likeness (QED) is 0.494. The van der Waals surface area contributed by atoms with Crippen LogP contribution in [0.2, 0.25) is 0 Å². The molecule has 0 atom stereocenters. The fraction of sp³-hybridized carbons (Fsp3) is 0.158. The van der Waals surface area contributed by atoms with Crippen molar-refractivity contribution >= 4 is 22.1 Å². The van der Waals surface area contributed by atoms with Crippen LogP contribution in [0.3, 0.4) is 0 Å². The molecule has 0 N–H and O–H groups in total. The second-order valence-electron chi connectivity index (χ2n) is 5.80. The Morgan fingerprint density at radius 2 is 1.86 bits per heavy atom. The summed E-state index contributed by atoms with van der Waals surface area (Å²) in [5.41, 5.74) is 6.33. The number of fused-ring (bicyclic) bond motifs is 3. The fourth-order valence-electron chi connectivity index (χ4n) is 3.12. The van der Waals surface area contributed by atoms with Gasteiger partial charge in [-0.1, -0.05) is 18.2 Å². The molecule has 4 rings (SSSR count). The Morgan fingerprint density at radius 3 is 2.68 bits per heavy atom. The summed E-state index contributed by atoms with van der Waals surface area (Å²) in [7, 11) is 2.08. The van der Waals surface area contributed by atoms with Crippen molar-refractivity contribution in [3.63, 3.8) is 0 Å². The molecule has 0 radical (unpaired) electrons. The van der Waals surface area contributed by atoms with Gasteiger partial charge < -0.3 is 4.42 Å². The first kappa shape index (κ1) is 13.0. The number of furan rings is 1. The molecular weight excluding hydrogens is 272 g/mol. The van der Waals surface area contributed by atoms with Crippen molar-refractivity contribution < 1.29 is 8.98 Å². The Labute approximate surface area is 128 Å². The largest absolute Gasteiger partial charge is 0.438 e. The number of nitrogens with zero attached hydrogens (tertiary/aromatic N) is 2. The summed E-state index contributed by atoms with van der Waals surface area (Å²) in [4.78, 5) is 4.48. The third-order valence-electron chi connectivity index (χ3n) is 4.13. The number of pyridine rings is 2. The lowest BCUT2D eigenvalue weighted by molar-refractivity contribution is -0.660. The van der Waals surface area contributed by atoms with E-state index in [1.54, 1.807) is 0 Å². The number of rotatable bonds is 1. The van der Waals surface area contributed by atoms with Crippen LogP contribution in [0.4, 0.5) is 0 Å². The fourth-order valence-corrected chi connectivity index (χ4v) is 3.12. The van der Waals surface area contributed by atoms with Crippen LogP contribution >= 0.6 is 0 Å². The van der Waals surface area contributed by atoms with Gasteiger partial charge in [0.15, 0.2) is 6.20 Å². The third kappa shape index (κ3) is 1.82. The van der Waals surface area contributed by atoms with Gasteiger partial charge in [-0.3, -0.25) is 0 Å². The molecule has 3 heterocycles. The summed E-state index contributed by atoms with van der Waals surface area (Å²) in [5.74, 6) is 0. The molecule has 0 aliphatic carbocycles. The zero-order chi connectivity index (χ0) is 15.3. The zero-order valence-electron chi connectivity index (χ0n) is 12.9. The van der Waals surface area contributed by atoms with E-state index in [1.807, 2.05) is 24.4 Å². The highest BCUT2D eigenvalue weighted by atomic mass is 16.3. The molecule has 0 fully saturated rings. The van der Waals surface area contributed by atoms with E-state index in [9.17, 15) is 0 Å². The van der Waals surface area contributed by atoms with Crippen molar-refractivity contribution in [3.05, 3.63) is 59.9 Å². The predicted octanol–water partition coefficient (Wildman–Crippen LogP) is 4.09. The number of aryl methyl sites for hydroxylation is 3. The Kier molecular flexibility index (Phi) is 2.76. The molecule has 1 aromatic carbocycles. The van der Waals surface area contributed by atoms with E-state index in [2.05, 4.69) is 54.8 Å². The number of para-hydroxylation sites is 1. The van der Waals surface area contributed by atoms with Gasteiger partial charge in [0.2, 0.25) is 11.4 Å². The summed E-state index contributed by atoms with van der Waals surface area (Å²) in [6.07, 6.45) is 4.03. The minimum Gasteiger partial charge on any atom is -0.438 e. The minimum atomic E-state index is 0.697. The first-order valence-corrected chi connectivity index (χ1v) is 7.38. The van der Waals surface area contributed by atoms with Gasteiger partial charge in [-0.15, -0.1) is 0 Å². The van der Waals surface area contributed by atoms with Gasteiger partial charge >= 0.3 is 0 Å². The van der Waals surface area contributed by atoms with Gasteiger partial charge in [0.25, 0.3) is 0 Å². The molecule has 0 saturated carbocycles. The van der Waals surface area contributed by atoms with E-state index in [0.717, 1.165) is 21.9 Å². The second kappa shape index (κ2) is 4.67. The zero-order valence-corrected chi connectivity index (χ0v) is 12.9. The van der Waals surface area contributed by atoms with Gasteiger partial charge in [-0.05, 0) is 31.5 Å². The van der Waals surface area contributed by atoms with Crippen LogP contribution in [0.5, 0.6) is 0 Å². The van der Waals surface area contributed by atoms with Gasteiger partial charge in [0.05, 0.1) is 10.9 Å². The summed E-state index contributed by atoms with van der Waals surface area (Å²) in [6.45, 7) is 4.20. The summed E-state index contributed by atoms with van der Waals surface area (Å²) < 4.78 is 8.08. The molecule has 0 aliphatic heterocycles. The molecule has 0 bridgehead atoms. The van der Waals surface area contributed by atoms with Crippen molar-refractivity contribution in [1.29, 1.82) is 0 Å². The summed E-state index contributed by atoms with van der Waals surface area (Å²) in [5, 5.41) is 2.21. The summed E-state index contributed by atoms with van der Waals surface area (Å²) in [6, 6.07) is 12.4. The molecule has 108 valence electrons. The van der Waals surface area contributed by atoms with Gasteiger partial charge in [0, 0.05) is 23.2 Å². The standard InChI is InChI=1S/C19H17N2O/c1-12-8-9-15(21(3)11-12)17-13(2)10-20-19-18(17)14-6-4-5-7-16(14)22-19/h4-11H,1-3H3/q+1. The lowest BCUT2D eigenvalue weighted by atomic mass is 10.0. The van der Waals surface area contributed by atoms with Crippen LogP contribution < -0.4 is 4.57 Å². The van der Waals surface area contributed by atoms with Crippen molar-refractivity contribution in [2.75, 3.05) is 0 Å². The van der Waals surface area contributed by atoms with Crippen molar-refractivity contribution in [2.45, 2.75) is 13.8 Å². The smallest absolute Gasteiger partial charge is 0.228 e. The van der Waals surface area contributed by atoms with Crippen molar-refractivity contribution in [2.24, 2.45) is 7.05 Å². The molecule has 0 unspecified atom stereocenters. The monoisotopic (exact) mass is 289 g/mol. The van der Waals surface area contributed by atoms with Gasteiger partial charge in [0.1, 0.15) is 12.6 Å². The normalized spacial score (nSPS) is 11.4. The SMILES string of the molecule is Cc1ccc(-c2c(C)cnc3oc4ccccc4c23)[n+](C)c1. The van der Waals surface area contributed by atoms with Crippen LogP contribution in [0.25, 0.3) is 33.3 Å². The lowest BCUT2D eigenvalue weighted by Gasteiger charge is -2.06. The van der Waals surface area contributed by atoms with E-state index >= 15 is 0 Å². The van der Waals surface area contributed by atoms with E-state index in [-0.39, 0.29) is 0 Å². The second-order valence-corrected chi connectivity index (χ2v) is 5.80. The van der Waals surface area contributed by atoms with Gasteiger partial charge in [-0.25, -0.2) is 9.55 Å². The topological polar surface area (TPSA) is 29.9 Å². The average Bonchev–Trinajstić information content (AvgIpc) is 2.87.